The first-order valence-electron chi connectivity index (χ1n) is 6.86. The molecule has 110 valence electrons. The number of hydrogen-bond acceptors (Lipinski definition) is 2. The van der Waals surface area contributed by atoms with E-state index >= 15 is 0 Å². The predicted molar refractivity (Wildman–Crippen MR) is 84.3 cm³/mol. The van der Waals surface area contributed by atoms with Crippen LogP contribution in [0.5, 0.6) is 0 Å². The summed E-state index contributed by atoms with van der Waals surface area (Å²) < 4.78 is 0. The lowest BCUT2D eigenvalue weighted by Gasteiger charge is -2.16. The quantitative estimate of drug-likeness (QED) is 0.862. The number of halogens is 1. The topological polar surface area (TPSA) is 49.3 Å². The minimum absolute atomic E-state index is 0.0871. The van der Waals surface area contributed by atoms with E-state index in [1.54, 1.807) is 12.1 Å². The summed E-state index contributed by atoms with van der Waals surface area (Å²) in [5, 5.41) is 12.9. The van der Waals surface area contributed by atoms with Crippen molar-refractivity contribution in [2.45, 2.75) is 18.9 Å². The van der Waals surface area contributed by atoms with Gasteiger partial charge in [0.1, 0.15) is 0 Å². The molecule has 0 aliphatic rings. The molecule has 0 radical (unpaired) electrons. The van der Waals surface area contributed by atoms with Crippen molar-refractivity contribution in [2.75, 3.05) is 6.61 Å². The van der Waals surface area contributed by atoms with E-state index in [4.69, 9.17) is 11.6 Å². The summed E-state index contributed by atoms with van der Waals surface area (Å²) >= 11 is 5.90. The van der Waals surface area contributed by atoms with Gasteiger partial charge in [-0.3, -0.25) is 4.79 Å². The van der Waals surface area contributed by atoms with Crippen LogP contribution in [0.3, 0.4) is 0 Å². The van der Waals surface area contributed by atoms with Crippen molar-refractivity contribution in [3.05, 3.63) is 70.7 Å². The second kappa shape index (κ2) is 7.81. The summed E-state index contributed by atoms with van der Waals surface area (Å²) in [6.07, 6.45) is 0.866. The molecule has 2 rings (SSSR count). The zero-order valence-electron chi connectivity index (χ0n) is 11.6. The molecule has 0 aromatic heterocycles. The van der Waals surface area contributed by atoms with Crippen molar-refractivity contribution >= 4 is 17.5 Å². The summed E-state index contributed by atoms with van der Waals surface area (Å²) in [7, 11) is 0. The lowest BCUT2D eigenvalue weighted by Crippen LogP contribution is -2.39. The van der Waals surface area contributed by atoms with E-state index in [1.165, 1.54) is 0 Å². The summed E-state index contributed by atoms with van der Waals surface area (Å²) in [6.45, 7) is -0.0871. The van der Waals surface area contributed by atoms with Crippen LogP contribution in [0.25, 0.3) is 0 Å². The normalized spacial score (nSPS) is 11.9. The van der Waals surface area contributed by atoms with E-state index in [9.17, 15) is 9.90 Å². The Labute approximate surface area is 129 Å². The first kappa shape index (κ1) is 15.5. The molecule has 1 atom stereocenters. The largest absolute Gasteiger partial charge is 0.394 e. The van der Waals surface area contributed by atoms with Gasteiger partial charge in [0, 0.05) is 5.02 Å². The van der Waals surface area contributed by atoms with Gasteiger partial charge < -0.3 is 10.4 Å². The first-order valence-corrected chi connectivity index (χ1v) is 7.24. The SMILES string of the molecule is O=C(Cc1cccc(Cl)c1)NC(CO)Cc1ccccc1. The van der Waals surface area contributed by atoms with Gasteiger partial charge in [-0.05, 0) is 29.7 Å². The Morgan fingerprint density at radius 1 is 1.10 bits per heavy atom. The Balaban J connectivity index is 1.90. The van der Waals surface area contributed by atoms with Gasteiger partial charge in [0.05, 0.1) is 19.1 Å². The van der Waals surface area contributed by atoms with Gasteiger partial charge in [0.2, 0.25) is 5.91 Å². The van der Waals surface area contributed by atoms with E-state index in [0.29, 0.717) is 11.4 Å². The highest BCUT2D eigenvalue weighted by Crippen LogP contribution is 2.11. The van der Waals surface area contributed by atoms with Gasteiger partial charge in [0.15, 0.2) is 0 Å². The molecule has 0 saturated carbocycles. The molecule has 2 aromatic carbocycles. The molecular formula is C17H18ClNO2. The van der Waals surface area contributed by atoms with Gasteiger partial charge in [-0.25, -0.2) is 0 Å². The van der Waals surface area contributed by atoms with Gasteiger partial charge in [-0.1, -0.05) is 54.1 Å². The second-order valence-electron chi connectivity index (χ2n) is 4.94. The Bertz CT molecular complexity index is 586. The van der Waals surface area contributed by atoms with Crippen LogP contribution in [-0.2, 0) is 17.6 Å². The molecular weight excluding hydrogens is 286 g/mol. The molecule has 2 N–H and O–H groups in total. The monoisotopic (exact) mass is 303 g/mol. The molecule has 0 bridgehead atoms. The molecule has 0 fully saturated rings. The number of rotatable bonds is 6. The van der Waals surface area contributed by atoms with E-state index in [1.807, 2.05) is 42.5 Å². The van der Waals surface area contributed by atoms with Crippen LogP contribution in [0.2, 0.25) is 5.02 Å². The van der Waals surface area contributed by atoms with Crippen LogP contribution in [0, 0.1) is 0 Å². The van der Waals surface area contributed by atoms with Crippen LogP contribution in [0.15, 0.2) is 54.6 Å². The lowest BCUT2D eigenvalue weighted by molar-refractivity contribution is -0.121. The van der Waals surface area contributed by atoms with Gasteiger partial charge in [-0.2, -0.15) is 0 Å². The van der Waals surface area contributed by atoms with Crippen LogP contribution < -0.4 is 5.32 Å². The highest BCUT2D eigenvalue weighted by molar-refractivity contribution is 6.30. The number of aliphatic hydroxyl groups is 1. The lowest BCUT2D eigenvalue weighted by atomic mass is 10.1. The molecule has 4 heteroatoms. The highest BCUT2D eigenvalue weighted by atomic mass is 35.5. The molecule has 1 amide bonds. The van der Waals surface area contributed by atoms with Crippen molar-refractivity contribution in [1.29, 1.82) is 0 Å². The average Bonchev–Trinajstić information content (AvgIpc) is 2.47. The fourth-order valence-electron chi connectivity index (χ4n) is 2.17. The van der Waals surface area contributed by atoms with Gasteiger partial charge >= 0.3 is 0 Å². The molecule has 0 spiro atoms. The number of hydrogen-bond donors (Lipinski definition) is 2. The smallest absolute Gasteiger partial charge is 0.224 e. The van der Waals surface area contributed by atoms with E-state index < -0.39 is 0 Å². The number of aliphatic hydroxyl groups excluding tert-OH is 1. The maximum absolute atomic E-state index is 12.0. The zero-order valence-corrected chi connectivity index (χ0v) is 12.4. The number of amides is 1. The molecule has 0 saturated heterocycles. The van der Waals surface area contributed by atoms with Crippen molar-refractivity contribution in [2.24, 2.45) is 0 Å². The molecule has 1 unspecified atom stereocenters. The van der Waals surface area contributed by atoms with Crippen LogP contribution >= 0.6 is 11.6 Å². The number of nitrogens with one attached hydrogen (secondary N) is 1. The summed E-state index contributed by atoms with van der Waals surface area (Å²) in [5.41, 5.74) is 1.94. The number of carbonyl (C=O) groups is 1. The Morgan fingerprint density at radius 2 is 1.81 bits per heavy atom. The number of carbonyl (C=O) groups excluding carboxylic acids is 1. The fraction of sp³-hybridized carbons (Fsp3) is 0.235. The van der Waals surface area contributed by atoms with Crippen molar-refractivity contribution in [3.8, 4) is 0 Å². The highest BCUT2D eigenvalue weighted by Gasteiger charge is 2.12. The third-order valence-corrected chi connectivity index (χ3v) is 3.40. The third-order valence-electron chi connectivity index (χ3n) is 3.16. The van der Waals surface area contributed by atoms with Gasteiger partial charge in [-0.15, -0.1) is 0 Å². The zero-order chi connectivity index (χ0) is 15.1. The summed E-state index contributed by atoms with van der Waals surface area (Å²) in [5.74, 6) is -0.118. The first-order chi connectivity index (χ1) is 10.2. The Kier molecular flexibility index (Phi) is 5.78. The molecule has 0 aliphatic heterocycles. The van der Waals surface area contributed by atoms with Crippen LogP contribution in [-0.4, -0.2) is 23.7 Å². The van der Waals surface area contributed by atoms with Crippen LogP contribution in [0.4, 0.5) is 0 Å². The average molecular weight is 304 g/mol. The maximum Gasteiger partial charge on any atom is 0.224 e. The standard InChI is InChI=1S/C17H18ClNO2/c18-15-8-4-7-14(9-15)11-17(21)19-16(12-20)10-13-5-2-1-3-6-13/h1-9,16,20H,10-12H2,(H,19,21). The molecule has 21 heavy (non-hydrogen) atoms. The fourth-order valence-corrected chi connectivity index (χ4v) is 2.38. The summed E-state index contributed by atoms with van der Waals surface area (Å²) in [4.78, 5) is 12.0. The molecule has 2 aromatic rings. The second-order valence-corrected chi connectivity index (χ2v) is 5.38. The van der Waals surface area contributed by atoms with Crippen molar-refractivity contribution < 1.29 is 9.90 Å². The maximum atomic E-state index is 12.0. The van der Waals surface area contributed by atoms with E-state index in [-0.39, 0.29) is 25.0 Å². The third kappa shape index (κ3) is 5.21. The molecule has 0 heterocycles. The van der Waals surface area contributed by atoms with Crippen molar-refractivity contribution in [3.63, 3.8) is 0 Å². The Morgan fingerprint density at radius 3 is 2.48 bits per heavy atom. The minimum Gasteiger partial charge on any atom is -0.394 e. The molecule has 3 nitrogen and oxygen atoms in total. The summed E-state index contributed by atoms with van der Waals surface area (Å²) in [6, 6.07) is 16.7. The predicted octanol–water partition coefficient (Wildman–Crippen LogP) is 2.60. The Hall–Kier alpha value is -1.84. The van der Waals surface area contributed by atoms with E-state index in [2.05, 4.69) is 5.32 Å². The van der Waals surface area contributed by atoms with Gasteiger partial charge in [0.25, 0.3) is 0 Å². The van der Waals surface area contributed by atoms with Crippen LogP contribution in [0.1, 0.15) is 11.1 Å². The molecule has 0 aliphatic carbocycles. The van der Waals surface area contributed by atoms with Crippen molar-refractivity contribution in [1.82, 2.24) is 5.32 Å². The number of benzene rings is 2. The van der Waals surface area contributed by atoms with E-state index in [0.717, 1.165) is 11.1 Å². The minimum atomic E-state index is -0.279.